The molecule has 0 N–H and O–H groups in total. The van der Waals surface area contributed by atoms with Gasteiger partial charge in [-0.25, -0.2) is 9.37 Å². The molecule has 0 amide bonds. The van der Waals surface area contributed by atoms with Crippen molar-refractivity contribution in [2.45, 2.75) is 41.5 Å². The van der Waals surface area contributed by atoms with Crippen molar-refractivity contribution in [2.75, 3.05) is 0 Å². The van der Waals surface area contributed by atoms with E-state index in [1.165, 1.54) is 6.07 Å². The van der Waals surface area contributed by atoms with Gasteiger partial charge in [-0.1, -0.05) is 64.7 Å². The monoisotopic (exact) mass is 596 g/mol. The highest BCUT2D eigenvalue weighted by Gasteiger charge is 2.35. The van der Waals surface area contributed by atoms with Crippen LogP contribution in [-0.4, -0.2) is 9.38 Å². The SMILES string of the molecule is Cc1cc(C)cc(P(=O)(c2cc(C)cc(C)c2)c2ccc3ccccc3c2-c2nc3ccc(F)cc3n3c(C)cc(C)c23)c1. The Kier molecular flexibility index (Phi) is 6.60. The first-order chi connectivity index (χ1) is 21.0. The molecule has 2 aromatic heterocycles. The molecule has 0 bridgehead atoms. The van der Waals surface area contributed by atoms with E-state index in [2.05, 4.69) is 99.7 Å². The minimum atomic E-state index is -3.46. The minimum Gasteiger partial charge on any atom is -0.310 e. The molecule has 0 atom stereocenters. The normalized spacial score (nSPS) is 12.1. The van der Waals surface area contributed by atoms with E-state index in [4.69, 9.17) is 4.98 Å². The molecular weight excluding hydrogens is 562 g/mol. The number of nitrogens with zero attached hydrogens (tertiary/aromatic N) is 2. The van der Waals surface area contributed by atoms with Gasteiger partial charge < -0.3 is 8.97 Å². The second-order valence-electron chi connectivity index (χ2n) is 12.2. The summed E-state index contributed by atoms with van der Waals surface area (Å²) in [5.41, 5.74) is 10.2. The molecule has 5 aromatic carbocycles. The number of aromatic nitrogens is 2. The lowest BCUT2D eigenvalue weighted by Gasteiger charge is -2.26. The lowest BCUT2D eigenvalue weighted by Crippen LogP contribution is -2.28. The maximum Gasteiger partial charge on any atom is 0.171 e. The largest absolute Gasteiger partial charge is 0.310 e. The highest BCUT2D eigenvalue weighted by molar-refractivity contribution is 7.85. The smallest absolute Gasteiger partial charge is 0.171 e. The van der Waals surface area contributed by atoms with Crippen molar-refractivity contribution in [1.82, 2.24) is 9.38 Å². The Labute approximate surface area is 257 Å². The van der Waals surface area contributed by atoms with E-state index in [0.29, 0.717) is 11.0 Å². The summed E-state index contributed by atoms with van der Waals surface area (Å²) < 4.78 is 33.0. The Hall–Kier alpha value is -4.53. The molecule has 0 aliphatic carbocycles. The zero-order valence-electron chi connectivity index (χ0n) is 25.9. The number of rotatable bonds is 4. The van der Waals surface area contributed by atoms with Crippen LogP contribution >= 0.6 is 7.14 Å². The zero-order valence-corrected chi connectivity index (χ0v) is 26.8. The highest BCUT2D eigenvalue weighted by atomic mass is 31.2. The summed E-state index contributed by atoms with van der Waals surface area (Å²) in [6.07, 6.45) is 0. The van der Waals surface area contributed by atoms with Gasteiger partial charge >= 0.3 is 0 Å². The van der Waals surface area contributed by atoms with Crippen LogP contribution in [0.2, 0.25) is 0 Å². The van der Waals surface area contributed by atoms with Crippen molar-refractivity contribution in [2.24, 2.45) is 0 Å². The number of benzene rings is 5. The maximum atomic E-state index is 16.3. The molecule has 0 saturated carbocycles. The van der Waals surface area contributed by atoms with Crippen LogP contribution in [0.25, 0.3) is 38.6 Å². The first-order valence-corrected chi connectivity index (χ1v) is 16.6. The predicted octanol–water partition coefficient (Wildman–Crippen LogP) is 8.94. The molecule has 0 aliphatic heterocycles. The Morgan fingerprint density at radius 2 is 1.30 bits per heavy atom. The van der Waals surface area contributed by atoms with Crippen LogP contribution in [0.3, 0.4) is 0 Å². The van der Waals surface area contributed by atoms with Gasteiger partial charge in [-0.2, -0.15) is 0 Å². The van der Waals surface area contributed by atoms with Crippen molar-refractivity contribution in [1.29, 1.82) is 0 Å². The fourth-order valence-corrected chi connectivity index (χ4v) is 10.2. The fraction of sp³-hybridized carbons (Fsp3) is 0.154. The molecular formula is C39H34FN2OP. The molecule has 0 aliphatic rings. The molecule has 0 spiro atoms. The summed E-state index contributed by atoms with van der Waals surface area (Å²) in [4.78, 5) is 5.26. The summed E-state index contributed by atoms with van der Waals surface area (Å²) in [5.74, 6) is -0.306. The molecule has 5 heteroatoms. The average Bonchev–Trinajstić information content (AvgIpc) is 3.28. The molecule has 2 heterocycles. The molecule has 44 heavy (non-hydrogen) atoms. The number of halogens is 1. The number of hydrogen-bond acceptors (Lipinski definition) is 2. The van der Waals surface area contributed by atoms with E-state index in [9.17, 15) is 4.39 Å². The van der Waals surface area contributed by atoms with Gasteiger partial charge in [0.1, 0.15) is 5.82 Å². The van der Waals surface area contributed by atoms with Gasteiger partial charge in [-0.15, -0.1) is 0 Å². The van der Waals surface area contributed by atoms with Crippen molar-refractivity contribution < 1.29 is 8.96 Å². The molecule has 0 unspecified atom stereocenters. The van der Waals surface area contributed by atoms with E-state index < -0.39 is 7.14 Å². The molecule has 0 radical (unpaired) electrons. The second-order valence-corrected chi connectivity index (χ2v) is 15.0. The molecule has 0 fully saturated rings. The maximum absolute atomic E-state index is 16.3. The quantitative estimate of drug-likeness (QED) is 0.190. The third-order valence-electron chi connectivity index (χ3n) is 8.63. The summed E-state index contributed by atoms with van der Waals surface area (Å²) >= 11 is 0. The number of hydrogen-bond donors (Lipinski definition) is 0. The van der Waals surface area contributed by atoms with Crippen molar-refractivity contribution >= 4 is 50.4 Å². The third kappa shape index (κ3) is 4.40. The van der Waals surface area contributed by atoms with Crippen LogP contribution in [-0.2, 0) is 4.57 Å². The van der Waals surface area contributed by atoms with E-state index in [1.54, 1.807) is 12.1 Å². The molecule has 3 nitrogen and oxygen atoms in total. The predicted molar refractivity (Wildman–Crippen MR) is 183 cm³/mol. The fourth-order valence-electron chi connectivity index (χ4n) is 6.98. The van der Waals surface area contributed by atoms with Crippen molar-refractivity contribution in [3.63, 3.8) is 0 Å². The molecule has 7 rings (SSSR count). The van der Waals surface area contributed by atoms with E-state index in [0.717, 1.165) is 77.0 Å². The van der Waals surface area contributed by atoms with Crippen LogP contribution in [0, 0.1) is 47.4 Å². The van der Waals surface area contributed by atoms with E-state index in [-0.39, 0.29) is 5.82 Å². The Balaban J connectivity index is 1.71. The lowest BCUT2D eigenvalue weighted by molar-refractivity contribution is 0.592. The highest BCUT2D eigenvalue weighted by Crippen LogP contribution is 2.48. The van der Waals surface area contributed by atoms with Gasteiger partial charge in [0.2, 0.25) is 0 Å². The van der Waals surface area contributed by atoms with Gasteiger partial charge in [0, 0.05) is 33.2 Å². The standard InChI is InChI=1S/C39H34FN2OP/c1-23-15-24(2)18-31(17-23)44(43,32-19-25(3)16-26(4)20-32)36-14-11-29-9-7-8-10-33(29)37(36)38-39-27(5)21-28(6)42(39)35-22-30(40)12-13-34(35)41-38/h7-22H,1-6H3. The summed E-state index contributed by atoms with van der Waals surface area (Å²) in [7, 11) is -3.46. The Bertz CT molecular complexity index is 2250. The van der Waals surface area contributed by atoms with E-state index >= 15 is 4.57 Å². The molecule has 218 valence electrons. The first kappa shape index (κ1) is 28.3. The first-order valence-electron chi connectivity index (χ1n) is 14.9. The van der Waals surface area contributed by atoms with Crippen LogP contribution in [0.1, 0.15) is 33.5 Å². The van der Waals surface area contributed by atoms with Gasteiger partial charge in [0.05, 0.1) is 22.2 Å². The Morgan fingerprint density at radius 3 is 1.93 bits per heavy atom. The van der Waals surface area contributed by atoms with Crippen LogP contribution in [0.4, 0.5) is 4.39 Å². The average molecular weight is 597 g/mol. The van der Waals surface area contributed by atoms with Gasteiger partial charge in [-0.3, -0.25) is 0 Å². The van der Waals surface area contributed by atoms with Crippen molar-refractivity contribution in [3.05, 3.63) is 136 Å². The van der Waals surface area contributed by atoms with Gasteiger partial charge in [0.15, 0.2) is 7.14 Å². The zero-order chi connectivity index (χ0) is 30.9. The summed E-state index contributed by atoms with van der Waals surface area (Å²) in [6, 6.07) is 31.8. The minimum absolute atomic E-state index is 0.306. The van der Waals surface area contributed by atoms with Crippen molar-refractivity contribution in [3.8, 4) is 11.3 Å². The van der Waals surface area contributed by atoms with E-state index in [1.807, 2.05) is 25.1 Å². The lowest BCUT2D eigenvalue weighted by atomic mass is 10.00. The number of aryl methyl sites for hydroxylation is 6. The van der Waals surface area contributed by atoms with Crippen LogP contribution in [0.15, 0.2) is 97.1 Å². The van der Waals surface area contributed by atoms with Crippen LogP contribution < -0.4 is 15.9 Å². The summed E-state index contributed by atoms with van der Waals surface area (Å²) in [5, 5.41) is 4.38. The number of fused-ring (bicyclic) bond motifs is 4. The molecule has 0 saturated heterocycles. The van der Waals surface area contributed by atoms with Crippen LogP contribution in [0.5, 0.6) is 0 Å². The summed E-state index contributed by atoms with van der Waals surface area (Å²) in [6.45, 7) is 12.3. The third-order valence-corrected chi connectivity index (χ3v) is 11.7. The van der Waals surface area contributed by atoms with Gasteiger partial charge in [0.25, 0.3) is 0 Å². The Morgan fingerprint density at radius 1 is 0.682 bits per heavy atom. The molecule has 7 aromatic rings. The second kappa shape index (κ2) is 10.3. The van der Waals surface area contributed by atoms with Gasteiger partial charge in [-0.05, 0) is 106 Å². The topological polar surface area (TPSA) is 34.4 Å².